The second-order valence-electron chi connectivity index (χ2n) is 4.34. The molecule has 0 atom stereocenters. The van der Waals surface area contributed by atoms with Gasteiger partial charge in [-0.15, -0.1) is 0 Å². The Bertz CT molecular complexity index is 345. The summed E-state index contributed by atoms with van der Waals surface area (Å²) >= 11 is 5.26. The van der Waals surface area contributed by atoms with Crippen molar-refractivity contribution in [3.05, 3.63) is 17.2 Å². The average Bonchev–Trinajstić information content (AvgIpc) is 2.96. The summed E-state index contributed by atoms with van der Waals surface area (Å²) < 4.78 is 3.19. The molecule has 1 N–H and O–H groups in total. The van der Waals surface area contributed by atoms with Gasteiger partial charge in [0.1, 0.15) is 0 Å². The van der Waals surface area contributed by atoms with Crippen molar-refractivity contribution in [1.29, 1.82) is 0 Å². The predicted octanol–water partition coefficient (Wildman–Crippen LogP) is 2.91. The second-order valence-corrected chi connectivity index (χ2v) is 4.72. The molecule has 3 rings (SSSR count). The molecular formula is C10H14N2S. The fraction of sp³-hybridized carbons (Fsp3) is 0.700. The van der Waals surface area contributed by atoms with Crippen molar-refractivity contribution in [3.8, 4) is 0 Å². The molecule has 0 amide bonds. The summed E-state index contributed by atoms with van der Waals surface area (Å²) in [5.41, 5.74) is 0. The van der Waals surface area contributed by atoms with Crippen LogP contribution in [-0.2, 0) is 0 Å². The molecule has 0 unspecified atom stereocenters. The van der Waals surface area contributed by atoms with Crippen LogP contribution in [0.25, 0.3) is 0 Å². The van der Waals surface area contributed by atoms with E-state index < -0.39 is 0 Å². The smallest absolute Gasteiger partial charge is 0.177 e. The molecule has 0 bridgehead atoms. The van der Waals surface area contributed by atoms with Crippen LogP contribution in [0.2, 0.25) is 0 Å². The van der Waals surface area contributed by atoms with Gasteiger partial charge in [0.15, 0.2) is 4.77 Å². The number of imidazole rings is 1. The number of hydrogen-bond acceptors (Lipinski definition) is 1. The van der Waals surface area contributed by atoms with Crippen LogP contribution in [0.5, 0.6) is 0 Å². The molecule has 0 radical (unpaired) electrons. The Hall–Kier alpha value is -0.570. The lowest BCUT2D eigenvalue weighted by Crippen LogP contribution is -2.12. The van der Waals surface area contributed by atoms with Gasteiger partial charge in [-0.2, -0.15) is 0 Å². The highest BCUT2D eigenvalue weighted by Crippen LogP contribution is 2.51. The van der Waals surface area contributed by atoms with Crippen LogP contribution in [-0.4, -0.2) is 9.55 Å². The molecule has 2 nitrogen and oxygen atoms in total. The fourth-order valence-electron chi connectivity index (χ4n) is 2.28. The van der Waals surface area contributed by atoms with Gasteiger partial charge >= 0.3 is 0 Å². The third kappa shape index (κ3) is 1.35. The lowest BCUT2D eigenvalue weighted by molar-refractivity contribution is 0.391. The van der Waals surface area contributed by atoms with Gasteiger partial charge in [0.25, 0.3) is 0 Å². The molecule has 70 valence electrons. The Balaban J connectivity index is 1.95. The molecule has 0 spiro atoms. The van der Waals surface area contributed by atoms with Crippen LogP contribution in [0.1, 0.15) is 31.7 Å². The molecule has 1 aromatic rings. The van der Waals surface area contributed by atoms with E-state index in [2.05, 4.69) is 15.7 Å². The van der Waals surface area contributed by atoms with E-state index in [-0.39, 0.29) is 0 Å². The maximum Gasteiger partial charge on any atom is 0.177 e. The minimum atomic E-state index is 0.721. The van der Waals surface area contributed by atoms with Crippen LogP contribution in [0, 0.1) is 16.6 Å². The van der Waals surface area contributed by atoms with E-state index in [1.165, 1.54) is 25.7 Å². The van der Waals surface area contributed by atoms with E-state index in [0.29, 0.717) is 0 Å². The SMILES string of the molecule is S=c1[nH]ccn1C(C1CC1)C1CC1. The van der Waals surface area contributed by atoms with Gasteiger partial charge in [-0.05, 0) is 49.7 Å². The van der Waals surface area contributed by atoms with Gasteiger partial charge in [-0.3, -0.25) is 0 Å². The van der Waals surface area contributed by atoms with E-state index in [0.717, 1.165) is 22.6 Å². The van der Waals surface area contributed by atoms with E-state index in [1.54, 1.807) is 0 Å². The number of hydrogen-bond donors (Lipinski definition) is 1. The Morgan fingerprint density at radius 1 is 1.31 bits per heavy atom. The van der Waals surface area contributed by atoms with Crippen molar-refractivity contribution in [3.63, 3.8) is 0 Å². The van der Waals surface area contributed by atoms with E-state index >= 15 is 0 Å². The van der Waals surface area contributed by atoms with Gasteiger partial charge in [-0.25, -0.2) is 0 Å². The van der Waals surface area contributed by atoms with Crippen molar-refractivity contribution in [2.75, 3.05) is 0 Å². The second kappa shape index (κ2) is 2.71. The van der Waals surface area contributed by atoms with Gasteiger partial charge in [0.2, 0.25) is 0 Å². The van der Waals surface area contributed by atoms with Crippen LogP contribution >= 0.6 is 12.2 Å². The molecule has 2 aliphatic carbocycles. The first kappa shape index (κ1) is 7.80. The average molecular weight is 194 g/mol. The largest absolute Gasteiger partial charge is 0.337 e. The number of nitrogens with zero attached hydrogens (tertiary/aromatic N) is 1. The Morgan fingerprint density at radius 2 is 1.92 bits per heavy atom. The maximum atomic E-state index is 5.26. The zero-order valence-electron chi connectivity index (χ0n) is 7.57. The lowest BCUT2D eigenvalue weighted by Gasteiger charge is -2.16. The highest BCUT2D eigenvalue weighted by Gasteiger charge is 2.42. The molecule has 2 aliphatic rings. The molecule has 2 saturated carbocycles. The molecule has 0 aromatic carbocycles. The molecule has 2 fully saturated rings. The molecule has 1 aromatic heterocycles. The van der Waals surface area contributed by atoms with Gasteiger partial charge in [0.05, 0.1) is 0 Å². The van der Waals surface area contributed by atoms with Crippen LogP contribution in [0.15, 0.2) is 12.4 Å². The maximum absolute atomic E-state index is 5.26. The zero-order chi connectivity index (χ0) is 8.84. The Morgan fingerprint density at radius 3 is 2.31 bits per heavy atom. The standard InChI is InChI=1S/C10H14N2S/c13-10-11-5-6-12(10)9(7-1-2-7)8-3-4-8/h5-9H,1-4H2,(H,11,13). The summed E-state index contributed by atoms with van der Waals surface area (Å²) in [6.45, 7) is 0. The van der Waals surface area contributed by atoms with Gasteiger partial charge in [0, 0.05) is 18.4 Å². The minimum absolute atomic E-state index is 0.721. The van der Waals surface area contributed by atoms with Crippen molar-refractivity contribution in [2.24, 2.45) is 11.8 Å². The number of rotatable bonds is 3. The normalized spacial score (nSPS) is 22.5. The topological polar surface area (TPSA) is 20.7 Å². The summed E-state index contributed by atoms with van der Waals surface area (Å²) in [5, 5.41) is 0. The number of H-pyrrole nitrogens is 1. The lowest BCUT2D eigenvalue weighted by atomic mass is 10.1. The quantitative estimate of drug-likeness (QED) is 0.734. The van der Waals surface area contributed by atoms with Gasteiger partial charge in [-0.1, -0.05) is 0 Å². The minimum Gasteiger partial charge on any atom is -0.337 e. The Labute approximate surface area is 83.0 Å². The fourth-order valence-corrected chi connectivity index (χ4v) is 2.53. The summed E-state index contributed by atoms with van der Waals surface area (Å²) in [6, 6.07) is 0.721. The first-order valence-electron chi connectivity index (χ1n) is 5.12. The third-order valence-electron chi connectivity index (χ3n) is 3.21. The summed E-state index contributed by atoms with van der Waals surface area (Å²) in [7, 11) is 0. The predicted molar refractivity (Wildman–Crippen MR) is 54.1 cm³/mol. The first-order chi connectivity index (χ1) is 6.36. The van der Waals surface area contributed by atoms with Crippen molar-refractivity contribution in [2.45, 2.75) is 31.7 Å². The molecule has 0 saturated heterocycles. The van der Waals surface area contributed by atoms with Crippen LogP contribution in [0.4, 0.5) is 0 Å². The van der Waals surface area contributed by atoms with Crippen LogP contribution in [0.3, 0.4) is 0 Å². The molecule has 3 heteroatoms. The van der Waals surface area contributed by atoms with Crippen molar-refractivity contribution >= 4 is 12.2 Å². The molecule has 0 aliphatic heterocycles. The zero-order valence-corrected chi connectivity index (χ0v) is 8.39. The Kier molecular flexibility index (Phi) is 1.62. The van der Waals surface area contributed by atoms with E-state index in [4.69, 9.17) is 12.2 Å². The molecule has 1 heterocycles. The summed E-state index contributed by atoms with van der Waals surface area (Å²) in [6.07, 6.45) is 9.72. The van der Waals surface area contributed by atoms with Crippen molar-refractivity contribution in [1.82, 2.24) is 9.55 Å². The highest BCUT2D eigenvalue weighted by atomic mass is 32.1. The monoisotopic (exact) mass is 194 g/mol. The number of nitrogens with one attached hydrogen (secondary N) is 1. The highest BCUT2D eigenvalue weighted by molar-refractivity contribution is 7.71. The van der Waals surface area contributed by atoms with Gasteiger partial charge < -0.3 is 9.55 Å². The number of aromatic amines is 1. The van der Waals surface area contributed by atoms with Crippen LogP contribution < -0.4 is 0 Å². The number of aromatic nitrogens is 2. The van der Waals surface area contributed by atoms with Crippen molar-refractivity contribution < 1.29 is 0 Å². The van der Waals surface area contributed by atoms with E-state index in [1.807, 2.05) is 6.20 Å². The first-order valence-corrected chi connectivity index (χ1v) is 5.52. The molecular weight excluding hydrogens is 180 g/mol. The third-order valence-corrected chi connectivity index (χ3v) is 3.54. The summed E-state index contributed by atoms with van der Waals surface area (Å²) in [5.74, 6) is 1.85. The van der Waals surface area contributed by atoms with E-state index in [9.17, 15) is 0 Å². The molecule has 13 heavy (non-hydrogen) atoms. The summed E-state index contributed by atoms with van der Waals surface area (Å²) in [4.78, 5) is 3.09.